The number of carbonyl (C=O) groups is 1. The van der Waals surface area contributed by atoms with Crippen LogP contribution in [0.5, 0.6) is 0 Å². The van der Waals surface area contributed by atoms with E-state index in [0.717, 1.165) is 12.8 Å². The van der Waals surface area contributed by atoms with Crippen molar-refractivity contribution in [2.24, 2.45) is 5.41 Å². The van der Waals surface area contributed by atoms with Gasteiger partial charge in [-0.1, -0.05) is 18.2 Å². The fraction of sp³-hybridized carbons (Fsp3) is 0.353. The molecule has 2 aromatic rings. The highest BCUT2D eigenvalue weighted by atomic mass is 32.1. The van der Waals surface area contributed by atoms with E-state index in [0.29, 0.717) is 12.2 Å². The Bertz CT molecular complexity index is 750. The average Bonchev–Trinajstić information content (AvgIpc) is 2.87. The number of ketones is 1. The van der Waals surface area contributed by atoms with Crippen LogP contribution in [-0.2, 0) is 11.2 Å². The van der Waals surface area contributed by atoms with E-state index in [1.54, 1.807) is 0 Å². The number of fused-ring (bicyclic) bond motifs is 5. The number of rotatable bonds is 0. The largest absolute Gasteiger partial charge is 0.298 e. The maximum Gasteiger partial charge on any atom is 0.146 e. The van der Waals surface area contributed by atoms with Crippen molar-refractivity contribution >= 4 is 32.8 Å². The molecule has 0 spiro atoms. The fourth-order valence-electron chi connectivity index (χ4n) is 3.51. The number of thiophene rings is 1. The van der Waals surface area contributed by atoms with Crippen molar-refractivity contribution in [1.29, 1.82) is 0 Å². The van der Waals surface area contributed by atoms with Gasteiger partial charge in [0, 0.05) is 16.0 Å². The first kappa shape index (κ1) is 11.4. The molecule has 1 aromatic heterocycles. The third-order valence-electron chi connectivity index (χ3n) is 4.77. The summed E-state index contributed by atoms with van der Waals surface area (Å²) in [5.74, 6) is 0.404. The molecule has 1 heterocycles. The molecule has 0 fully saturated rings. The summed E-state index contributed by atoms with van der Waals surface area (Å²) in [7, 11) is 0. The highest BCUT2D eigenvalue weighted by Crippen LogP contribution is 2.53. The van der Waals surface area contributed by atoms with E-state index in [4.69, 9.17) is 0 Å². The summed E-state index contributed by atoms with van der Waals surface area (Å²) in [6, 6.07) is 6.71. The van der Waals surface area contributed by atoms with Gasteiger partial charge in [0.15, 0.2) is 0 Å². The van der Waals surface area contributed by atoms with Crippen LogP contribution in [0.1, 0.15) is 35.8 Å². The Balaban J connectivity index is 2.01. The summed E-state index contributed by atoms with van der Waals surface area (Å²) in [5.41, 5.74) is 3.88. The Hall–Kier alpha value is -1.41. The molecule has 2 aliphatic rings. The van der Waals surface area contributed by atoms with Gasteiger partial charge in [-0.15, -0.1) is 11.3 Å². The molecular weight excluding hydrogens is 252 g/mol. The van der Waals surface area contributed by atoms with Crippen molar-refractivity contribution in [3.05, 3.63) is 40.3 Å². The molecule has 0 amide bonds. The number of carbonyl (C=O) groups excluding carboxylic acids is 1. The Kier molecular flexibility index (Phi) is 2.15. The number of Topliss-reactive ketones (excluding diaryl/α,β-unsaturated/α-hetero) is 1. The lowest BCUT2D eigenvalue weighted by Gasteiger charge is -2.31. The van der Waals surface area contributed by atoms with Crippen LogP contribution >= 0.6 is 11.3 Å². The zero-order valence-corrected chi connectivity index (χ0v) is 12.1. The SMILES string of the molecule is Cc1ccc2c3c(sc2c1)C1=CCC(=O)C1(C)CC3. The molecule has 0 N–H and O–H groups in total. The summed E-state index contributed by atoms with van der Waals surface area (Å²) in [5, 5.41) is 1.40. The van der Waals surface area contributed by atoms with Gasteiger partial charge in [0.25, 0.3) is 0 Å². The molecule has 0 aliphatic heterocycles. The summed E-state index contributed by atoms with van der Waals surface area (Å²) >= 11 is 1.87. The lowest BCUT2D eigenvalue weighted by atomic mass is 9.72. The standard InChI is InChI=1S/C17H16OS/c1-10-3-4-11-12-7-8-17(2)13(5-6-15(17)18)16(12)19-14(11)9-10/h3-5,9H,6-8H2,1-2H3. The van der Waals surface area contributed by atoms with Gasteiger partial charge in [-0.2, -0.15) is 0 Å². The van der Waals surface area contributed by atoms with Crippen LogP contribution in [0.2, 0.25) is 0 Å². The van der Waals surface area contributed by atoms with E-state index in [2.05, 4.69) is 38.1 Å². The molecule has 0 bridgehead atoms. The van der Waals surface area contributed by atoms with Gasteiger partial charge in [0.2, 0.25) is 0 Å². The van der Waals surface area contributed by atoms with Gasteiger partial charge >= 0.3 is 0 Å². The van der Waals surface area contributed by atoms with Crippen molar-refractivity contribution in [3.8, 4) is 0 Å². The normalized spacial score (nSPS) is 25.4. The van der Waals surface area contributed by atoms with E-state index in [-0.39, 0.29) is 5.41 Å². The molecule has 0 saturated heterocycles. The summed E-state index contributed by atoms with van der Waals surface area (Å²) < 4.78 is 1.37. The Morgan fingerprint density at radius 3 is 3.00 bits per heavy atom. The van der Waals surface area contributed by atoms with E-state index < -0.39 is 0 Å². The zero-order valence-electron chi connectivity index (χ0n) is 11.2. The van der Waals surface area contributed by atoms with Gasteiger partial charge in [0.1, 0.15) is 5.78 Å². The van der Waals surface area contributed by atoms with Crippen molar-refractivity contribution in [2.75, 3.05) is 0 Å². The lowest BCUT2D eigenvalue weighted by molar-refractivity contribution is -0.123. The van der Waals surface area contributed by atoms with E-state index in [1.165, 1.54) is 31.7 Å². The number of hydrogen-bond acceptors (Lipinski definition) is 2. The van der Waals surface area contributed by atoms with Gasteiger partial charge in [-0.25, -0.2) is 0 Å². The van der Waals surface area contributed by atoms with Gasteiger partial charge in [0.05, 0.1) is 5.41 Å². The molecular formula is C17H16OS. The minimum atomic E-state index is -0.205. The van der Waals surface area contributed by atoms with Crippen LogP contribution in [0.3, 0.4) is 0 Å². The topological polar surface area (TPSA) is 17.1 Å². The molecule has 19 heavy (non-hydrogen) atoms. The first-order valence-electron chi connectivity index (χ1n) is 6.86. The molecule has 1 aromatic carbocycles. The molecule has 0 radical (unpaired) electrons. The van der Waals surface area contributed by atoms with Crippen LogP contribution < -0.4 is 0 Å². The van der Waals surface area contributed by atoms with E-state index in [1.807, 2.05) is 11.3 Å². The molecule has 96 valence electrons. The van der Waals surface area contributed by atoms with E-state index >= 15 is 0 Å². The van der Waals surface area contributed by atoms with Crippen LogP contribution in [-0.4, -0.2) is 5.78 Å². The molecule has 1 atom stereocenters. The monoisotopic (exact) mass is 268 g/mol. The second-order valence-corrected chi connectivity index (χ2v) is 7.04. The number of allylic oxidation sites excluding steroid dienone is 2. The van der Waals surface area contributed by atoms with Gasteiger partial charge in [-0.05, 0) is 54.8 Å². The molecule has 1 unspecified atom stereocenters. The highest BCUT2D eigenvalue weighted by Gasteiger charge is 2.44. The molecule has 4 rings (SSSR count). The predicted molar refractivity (Wildman–Crippen MR) is 80.6 cm³/mol. The smallest absolute Gasteiger partial charge is 0.146 e. The van der Waals surface area contributed by atoms with Crippen LogP contribution in [0.15, 0.2) is 24.3 Å². The van der Waals surface area contributed by atoms with E-state index in [9.17, 15) is 4.79 Å². The molecule has 0 saturated carbocycles. The number of benzene rings is 1. The molecule has 1 nitrogen and oxygen atoms in total. The van der Waals surface area contributed by atoms with Gasteiger partial charge < -0.3 is 0 Å². The number of hydrogen-bond donors (Lipinski definition) is 0. The number of aryl methyl sites for hydroxylation is 2. The highest BCUT2D eigenvalue weighted by molar-refractivity contribution is 7.20. The Morgan fingerprint density at radius 2 is 2.16 bits per heavy atom. The average molecular weight is 268 g/mol. The maximum absolute atomic E-state index is 12.2. The predicted octanol–water partition coefficient (Wildman–Crippen LogP) is 4.52. The first-order valence-corrected chi connectivity index (χ1v) is 7.67. The zero-order chi connectivity index (χ0) is 13.2. The third kappa shape index (κ3) is 1.38. The van der Waals surface area contributed by atoms with Crippen molar-refractivity contribution in [3.63, 3.8) is 0 Å². The minimum absolute atomic E-state index is 0.205. The van der Waals surface area contributed by atoms with Crippen LogP contribution in [0, 0.1) is 12.3 Å². The fourth-order valence-corrected chi connectivity index (χ4v) is 5.03. The summed E-state index contributed by atoms with van der Waals surface area (Å²) in [6.07, 6.45) is 4.81. The third-order valence-corrected chi connectivity index (χ3v) is 6.00. The quantitative estimate of drug-likeness (QED) is 0.686. The molecule has 2 heteroatoms. The Morgan fingerprint density at radius 1 is 1.32 bits per heavy atom. The second-order valence-electron chi connectivity index (χ2n) is 5.99. The maximum atomic E-state index is 12.2. The summed E-state index contributed by atoms with van der Waals surface area (Å²) in [4.78, 5) is 13.5. The van der Waals surface area contributed by atoms with Crippen molar-refractivity contribution in [1.82, 2.24) is 0 Å². The molecule has 2 aliphatic carbocycles. The Labute approximate surface area is 116 Å². The van der Waals surface area contributed by atoms with Crippen LogP contribution in [0.25, 0.3) is 15.7 Å². The van der Waals surface area contributed by atoms with Gasteiger partial charge in [-0.3, -0.25) is 4.79 Å². The summed E-state index contributed by atoms with van der Waals surface area (Å²) in [6.45, 7) is 4.27. The minimum Gasteiger partial charge on any atom is -0.298 e. The second kappa shape index (κ2) is 3.57. The lowest BCUT2D eigenvalue weighted by Crippen LogP contribution is -2.28. The van der Waals surface area contributed by atoms with Crippen molar-refractivity contribution in [2.45, 2.75) is 33.1 Å². The van der Waals surface area contributed by atoms with Crippen molar-refractivity contribution < 1.29 is 4.79 Å². The first-order chi connectivity index (χ1) is 9.09. The van der Waals surface area contributed by atoms with Crippen LogP contribution in [0.4, 0.5) is 0 Å².